The molecule has 0 N–H and O–H groups in total. The molecule has 0 saturated carbocycles. The standard InChI is InChI=1S/C57H36F2N2S2/c1-32(2)51-56(60-43-15-7-3-11-37(43)52-45(60)27-29-49-54(52)39-13-5-9-17-47(39)62-49)41(33-19-23-35(58)24-20-33)31-42(34-21-25-36(59)26-22-34)57(51)61-44-16-8-4-12-38(44)53-46(61)28-30-50-55(53)40-14-6-10-18-48(40)63-50/h3-32H,1-2H3. The molecule has 0 aliphatic rings. The van der Waals surface area contributed by atoms with Crippen molar-refractivity contribution in [2.75, 3.05) is 0 Å². The zero-order valence-corrected chi connectivity index (χ0v) is 35.9. The summed E-state index contributed by atoms with van der Waals surface area (Å²) < 4.78 is 39.8. The maximum atomic E-state index is 14.9. The molecule has 0 spiro atoms. The number of rotatable bonds is 5. The van der Waals surface area contributed by atoms with Crippen LogP contribution in [0.5, 0.6) is 0 Å². The third-order valence-electron chi connectivity index (χ3n) is 13.0. The molecule has 0 amide bonds. The lowest BCUT2D eigenvalue weighted by Crippen LogP contribution is -2.11. The van der Waals surface area contributed by atoms with Gasteiger partial charge in [-0.25, -0.2) is 8.78 Å². The Labute approximate surface area is 369 Å². The summed E-state index contributed by atoms with van der Waals surface area (Å²) in [6.45, 7) is 4.56. The van der Waals surface area contributed by atoms with Gasteiger partial charge in [0.15, 0.2) is 0 Å². The molecule has 6 heteroatoms. The molecule has 0 aliphatic carbocycles. The van der Waals surface area contributed by atoms with Gasteiger partial charge in [-0.05, 0) is 95.9 Å². The van der Waals surface area contributed by atoms with Crippen molar-refractivity contribution in [2.24, 2.45) is 0 Å². The van der Waals surface area contributed by atoms with Gasteiger partial charge in [-0.1, -0.05) is 111 Å². The Balaban J connectivity index is 1.28. The van der Waals surface area contributed by atoms with Gasteiger partial charge < -0.3 is 9.13 Å². The highest BCUT2D eigenvalue weighted by Gasteiger charge is 2.30. The van der Waals surface area contributed by atoms with Crippen LogP contribution in [0, 0.1) is 11.6 Å². The van der Waals surface area contributed by atoms with Gasteiger partial charge in [-0.2, -0.15) is 0 Å². The normalized spacial score (nSPS) is 12.3. The van der Waals surface area contributed by atoms with E-state index >= 15 is 0 Å². The SMILES string of the molecule is CC(C)c1c(-n2c3ccccc3c3c4c(ccc32)sc2ccccc24)c(-c2ccc(F)cc2)cc(-c2ccc(F)cc2)c1-n1c2ccccc2c2c3c(ccc21)sc1ccccc13. The quantitative estimate of drug-likeness (QED) is 0.163. The lowest BCUT2D eigenvalue weighted by atomic mass is 9.86. The van der Waals surface area contributed by atoms with Crippen molar-refractivity contribution in [3.05, 3.63) is 193 Å². The first kappa shape index (κ1) is 36.5. The van der Waals surface area contributed by atoms with E-state index in [1.165, 1.54) is 61.9 Å². The second kappa shape index (κ2) is 13.7. The van der Waals surface area contributed by atoms with E-state index in [9.17, 15) is 8.78 Å². The highest BCUT2D eigenvalue weighted by Crippen LogP contribution is 2.51. The number of halogens is 2. The molecular weight excluding hydrogens is 815 g/mol. The molecule has 63 heavy (non-hydrogen) atoms. The van der Waals surface area contributed by atoms with Crippen LogP contribution < -0.4 is 0 Å². The minimum atomic E-state index is -0.291. The fourth-order valence-corrected chi connectivity index (χ4v) is 12.7. The van der Waals surface area contributed by atoms with Crippen LogP contribution >= 0.6 is 22.7 Å². The van der Waals surface area contributed by atoms with E-state index in [2.05, 4.69) is 150 Å². The molecule has 0 saturated heterocycles. The number of hydrogen-bond donors (Lipinski definition) is 0. The lowest BCUT2D eigenvalue weighted by molar-refractivity contribution is 0.627. The van der Waals surface area contributed by atoms with Gasteiger partial charge in [0.1, 0.15) is 11.6 Å². The number of nitrogens with zero attached hydrogens (tertiary/aromatic N) is 2. The van der Waals surface area contributed by atoms with E-state index in [0.29, 0.717) is 0 Å². The third-order valence-corrected chi connectivity index (χ3v) is 15.3. The molecule has 0 aliphatic heterocycles. The molecule has 2 nitrogen and oxygen atoms in total. The second-order valence-corrected chi connectivity index (χ2v) is 19.0. The molecule has 0 radical (unpaired) electrons. The van der Waals surface area contributed by atoms with Crippen molar-refractivity contribution in [1.29, 1.82) is 0 Å². The summed E-state index contributed by atoms with van der Waals surface area (Å²) in [7, 11) is 0. The Hall–Kier alpha value is -7.12. The molecule has 9 aromatic carbocycles. The minimum Gasteiger partial charge on any atom is -0.308 e. The molecule has 0 unspecified atom stereocenters. The molecule has 4 heterocycles. The molecule has 13 aromatic rings. The first-order valence-electron chi connectivity index (χ1n) is 21.3. The Morgan fingerprint density at radius 3 is 1.21 bits per heavy atom. The van der Waals surface area contributed by atoms with Gasteiger partial charge in [-0.15, -0.1) is 22.7 Å². The van der Waals surface area contributed by atoms with E-state index in [1.807, 2.05) is 46.9 Å². The van der Waals surface area contributed by atoms with E-state index in [1.54, 1.807) is 24.3 Å². The van der Waals surface area contributed by atoms with Crippen molar-refractivity contribution >= 4 is 107 Å². The predicted molar refractivity (Wildman–Crippen MR) is 266 cm³/mol. The Bertz CT molecular complexity index is 3760. The molecule has 0 bridgehead atoms. The van der Waals surface area contributed by atoms with E-state index in [0.717, 1.165) is 61.3 Å². The van der Waals surface area contributed by atoms with Crippen molar-refractivity contribution < 1.29 is 8.78 Å². The first-order valence-corrected chi connectivity index (χ1v) is 23.0. The minimum absolute atomic E-state index is 0.0153. The van der Waals surface area contributed by atoms with Gasteiger partial charge in [0.05, 0.1) is 33.4 Å². The average Bonchev–Trinajstić information content (AvgIpc) is 4.06. The van der Waals surface area contributed by atoms with E-state index in [4.69, 9.17) is 0 Å². The van der Waals surface area contributed by atoms with Crippen molar-refractivity contribution in [1.82, 2.24) is 9.13 Å². The Morgan fingerprint density at radius 2 is 0.778 bits per heavy atom. The van der Waals surface area contributed by atoms with Crippen LogP contribution in [0.3, 0.4) is 0 Å². The number of hydrogen-bond acceptors (Lipinski definition) is 2. The van der Waals surface area contributed by atoms with Crippen LogP contribution in [-0.4, -0.2) is 9.13 Å². The van der Waals surface area contributed by atoms with Crippen LogP contribution in [-0.2, 0) is 0 Å². The largest absolute Gasteiger partial charge is 0.308 e. The number of thiophene rings is 2. The van der Waals surface area contributed by atoms with Crippen LogP contribution in [0.25, 0.3) is 118 Å². The molecule has 13 rings (SSSR count). The van der Waals surface area contributed by atoms with Crippen molar-refractivity contribution in [3.8, 4) is 33.6 Å². The van der Waals surface area contributed by atoms with Gasteiger partial charge in [0.25, 0.3) is 0 Å². The van der Waals surface area contributed by atoms with Gasteiger partial charge >= 0.3 is 0 Å². The van der Waals surface area contributed by atoms with Crippen LogP contribution in [0.1, 0.15) is 25.3 Å². The van der Waals surface area contributed by atoms with Crippen LogP contribution in [0.2, 0.25) is 0 Å². The first-order chi connectivity index (χ1) is 30.9. The maximum absolute atomic E-state index is 14.9. The second-order valence-electron chi connectivity index (χ2n) is 16.8. The van der Waals surface area contributed by atoms with Crippen LogP contribution in [0.4, 0.5) is 8.78 Å². The fraction of sp³-hybridized carbons (Fsp3) is 0.0526. The highest BCUT2D eigenvalue weighted by molar-refractivity contribution is 7.26. The zero-order chi connectivity index (χ0) is 42.1. The lowest BCUT2D eigenvalue weighted by Gasteiger charge is -2.28. The zero-order valence-electron chi connectivity index (χ0n) is 34.3. The smallest absolute Gasteiger partial charge is 0.123 e. The monoisotopic (exact) mass is 850 g/mol. The number of fused-ring (bicyclic) bond motifs is 14. The molecule has 300 valence electrons. The van der Waals surface area contributed by atoms with Gasteiger partial charge in [0.2, 0.25) is 0 Å². The van der Waals surface area contributed by atoms with E-state index < -0.39 is 0 Å². The summed E-state index contributed by atoms with van der Waals surface area (Å²) in [6, 6.07) is 60.1. The fourth-order valence-electron chi connectivity index (χ4n) is 10.4. The number of benzene rings is 9. The van der Waals surface area contributed by atoms with Crippen LogP contribution in [0.15, 0.2) is 176 Å². The van der Waals surface area contributed by atoms with Gasteiger partial charge in [-0.3, -0.25) is 0 Å². The highest BCUT2D eigenvalue weighted by atomic mass is 32.1. The van der Waals surface area contributed by atoms with Crippen molar-refractivity contribution in [2.45, 2.75) is 19.8 Å². The summed E-state index contributed by atoms with van der Waals surface area (Å²) >= 11 is 3.66. The molecule has 4 aromatic heterocycles. The third kappa shape index (κ3) is 5.26. The summed E-state index contributed by atoms with van der Waals surface area (Å²) in [5.74, 6) is -0.597. The number of aromatic nitrogens is 2. The summed E-state index contributed by atoms with van der Waals surface area (Å²) in [6.07, 6.45) is 0. The summed E-state index contributed by atoms with van der Waals surface area (Å²) in [5, 5.41) is 9.80. The van der Waals surface area contributed by atoms with Gasteiger partial charge in [0, 0.05) is 78.6 Å². The maximum Gasteiger partial charge on any atom is 0.123 e. The summed E-state index contributed by atoms with van der Waals surface area (Å²) in [4.78, 5) is 0. The molecule has 0 fully saturated rings. The van der Waals surface area contributed by atoms with Crippen molar-refractivity contribution in [3.63, 3.8) is 0 Å². The predicted octanol–water partition coefficient (Wildman–Crippen LogP) is 17.4. The Kier molecular flexibility index (Phi) is 7.94. The van der Waals surface area contributed by atoms with E-state index in [-0.39, 0.29) is 17.6 Å². The molecule has 0 atom stereocenters. The summed E-state index contributed by atoms with van der Waals surface area (Å²) in [5.41, 5.74) is 11.3. The Morgan fingerprint density at radius 1 is 0.381 bits per heavy atom. The topological polar surface area (TPSA) is 9.86 Å². The number of para-hydroxylation sites is 2. The molecular formula is C57H36F2N2S2. The average molecular weight is 851 g/mol.